The van der Waals surface area contributed by atoms with E-state index in [0.29, 0.717) is 0 Å². The fourth-order valence-corrected chi connectivity index (χ4v) is 1.66. The van der Waals surface area contributed by atoms with Crippen LogP contribution >= 0.6 is 0 Å². The Kier molecular flexibility index (Phi) is 3.65. The van der Waals surface area contributed by atoms with Gasteiger partial charge in [0, 0.05) is 11.8 Å². The van der Waals surface area contributed by atoms with E-state index in [1.54, 1.807) is 0 Å². The van der Waals surface area contributed by atoms with Crippen molar-refractivity contribution >= 4 is 17.3 Å². The summed E-state index contributed by atoms with van der Waals surface area (Å²) in [4.78, 5) is 11.9. The zero-order valence-corrected chi connectivity index (χ0v) is 10.5. The summed E-state index contributed by atoms with van der Waals surface area (Å²) in [6, 6.07) is 5.06. The van der Waals surface area contributed by atoms with Gasteiger partial charge in [-0.2, -0.15) is 0 Å². The molecule has 2 rings (SSSR count). The lowest BCUT2D eigenvalue weighted by molar-refractivity contribution is 0.102. The van der Waals surface area contributed by atoms with E-state index < -0.39 is 23.4 Å². The first kappa shape index (κ1) is 13.9. The maximum absolute atomic E-state index is 13.6. The second kappa shape index (κ2) is 5.24. The molecular formula is C14H11F3N2O. The van der Waals surface area contributed by atoms with Crippen molar-refractivity contribution in [3.05, 3.63) is 58.9 Å². The lowest BCUT2D eigenvalue weighted by Gasteiger charge is -2.09. The van der Waals surface area contributed by atoms with E-state index in [-0.39, 0.29) is 22.5 Å². The number of carbonyl (C=O) groups excluding carboxylic acids is 1. The van der Waals surface area contributed by atoms with E-state index in [4.69, 9.17) is 5.73 Å². The number of anilines is 2. The first-order chi connectivity index (χ1) is 9.38. The van der Waals surface area contributed by atoms with E-state index in [1.165, 1.54) is 13.0 Å². The molecule has 2 aromatic rings. The van der Waals surface area contributed by atoms with Crippen LogP contribution in [0.4, 0.5) is 24.5 Å². The molecule has 0 aliphatic carbocycles. The van der Waals surface area contributed by atoms with Crippen molar-refractivity contribution in [2.24, 2.45) is 0 Å². The molecule has 3 nitrogen and oxygen atoms in total. The van der Waals surface area contributed by atoms with Crippen LogP contribution in [0, 0.1) is 24.4 Å². The van der Waals surface area contributed by atoms with Gasteiger partial charge < -0.3 is 11.1 Å². The summed E-state index contributed by atoms with van der Waals surface area (Å²) < 4.78 is 40.0. The monoisotopic (exact) mass is 280 g/mol. The Morgan fingerprint density at radius 2 is 1.80 bits per heavy atom. The molecule has 6 heteroatoms. The van der Waals surface area contributed by atoms with Gasteiger partial charge in [0.15, 0.2) is 0 Å². The highest BCUT2D eigenvalue weighted by atomic mass is 19.1. The van der Waals surface area contributed by atoms with E-state index in [2.05, 4.69) is 5.32 Å². The van der Waals surface area contributed by atoms with Gasteiger partial charge in [-0.15, -0.1) is 0 Å². The van der Waals surface area contributed by atoms with E-state index in [0.717, 1.165) is 24.3 Å². The predicted octanol–water partition coefficient (Wildman–Crippen LogP) is 3.25. The summed E-state index contributed by atoms with van der Waals surface area (Å²) in [6.07, 6.45) is 0. The number of benzene rings is 2. The average Bonchev–Trinajstić information content (AvgIpc) is 2.38. The molecule has 0 bridgehead atoms. The summed E-state index contributed by atoms with van der Waals surface area (Å²) in [5, 5.41) is 2.16. The van der Waals surface area contributed by atoms with Crippen molar-refractivity contribution in [1.29, 1.82) is 0 Å². The molecule has 0 heterocycles. The predicted molar refractivity (Wildman–Crippen MR) is 69.9 cm³/mol. The van der Waals surface area contributed by atoms with Crippen molar-refractivity contribution < 1.29 is 18.0 Å². The fraction of sp³-hybridized carbons (Fsp3) is 0.0714. The molecule has 0 saturated carbocycles. The van der Waals surface area contributed by atoms with Gasteiger partial charge >= 0.3 is 0 Å². The first-order valence-corrected chi connectivity index (χ1v) is 5.70. The first-order valence-electron chi connectivity index (χ1n) is 5.70. The van der Waals surface area contributed by atoms with Gasteiger partial charge in [0.1, 0.15) is 17.5 Å². The SMILES string of the molecule is Cc1cc(F)c(NC(=O)c2cc(F)ccc2N)cc1F. The van der Waals surface area contributed by atoms with Crippen LogP contribution in [-0.2, 0) is 0 Å². The molecule has 0 fully saturated rings. The minimum absolute atomic E-state index is 0.0388. The van der Waals surface area contributed by atoms with Crippen LogP contribution in [0.25, 0.3) is 0 Å². The zero-order chi connectivity index (χ0) is 14.9. The van der Waals surface area contributed by atoms with Crippen LogP contribution in [0.1, 0.15) is 15.9 Å². The van der Waals surface area contributed by atoms with Gasteiger partial charge in [-0.25, -0.2) is 13.2 Å². The van der Waals surface area contributed by atoms with Gasteiger partial charge in [-0.3, -0.25) is 4.79 Å². The molecule has 0 aliphatic heterocycles. The second-order valence-corrected chi connectivity index (χ2v) is 4.27. The molecule has 1 amide bonds. The maximum atomic E-state index is 13.6. The van der Waals surface area contributed by atoms with Crippen LogP contribution in [0.3, 0.4) is 0 Å². The molecule has 2 aromatic carbocycles. The van der Waals surface area contributed by atoms with Crippen molar-refractivity contribution in [1.82, 2.24) is 0 Å². The molecule has 0 aliphatic rings. The molecule has 20 heavy (non-hydrogen) atoms. The molecule has 0 spiro atoms. The van der Waals surface area contributed by atoms with Crippen molar-refractivity contribution in [2.45, 2.75) is 6.92 Å². The molecule has 0 aromatic heterocycles. The number of amides is 1. The fourth-order valence-electron chi connectivity index (χ4n) is 1.66. The Hall–Kier alpha value is -2.50. The summed E-state index contributed by atoms with van der Waals surface area (Å²) in [5.74, 6) is -2.91. The Morgan fingerprint density at radius 3 is 2.50 bits per heavy atom. The van der Waals surface area contributed by atoms with Crippen LogP contribution in [0.5, 0.6) is 0 Å². The number of aryl methyl sites for hydroxylation is 1. The van der Waals surface area contributed by atoms with E-state index in [9.17, 15) is 18.0 Å². The number of halogens is 3. The molecule has 0 unspecified atom stereocenters. The Bertz CT molecular complexity index is 686. The number of nitrogens with one attached hydrogen (secondary N) is 1. The number of rotatable bonds is 2. The minimum Gasteiger partial charge on any atom is -0.398 e. The van der Waals surface area contributed by atoms with Crippen molar-refractivity contribution in [2.75, 3.05) is 11.1 Å². The van der Waals surface area contributed by atoms with Gasteiger partial charge in [0.05, 0.1) is 11.3 Å². The standard InChI is InChI=1S/C14H11F3N2O/c1-7-4-11(17)13(6-10(7)16)19-14(20)9-5-8(15)2-3-12(9)18/h2-6H,18H2,1H3,(H,19,20). The Balaban J connectivity index is 2.32. The van der Waals surface area contributed by atoms with Crippen LogP contribution in [0.2, 0.25) is 0 Å². The zero-order valence-electron chi connectivity index (χ0n) is 10.5. The lowest BCUT2D eigenvalue weighted by atomic mass is 10.1. The largest absolute Gasteiger partial charge is 0.398 e. The number of hydrogen-bond donors (Lipinski definition) is 2. The van der Waals surface area contributed by atoms with Crippen LogP contribution < -0.4 is 11.1 Å². The lowest BCUT2D eigenvalue weighted by Crippen LogP contribution is -2.15. The molecule has 0 atom stereocenters. The van der Waals surface area contributed by atoms with Crippen LogP contribution in [0.15, 0.2) is 30.3 Å². The second-order valence-electron chi connectivity index (χ2n) is 4.27. The molecular weight excluding hydrogens is 269 g/mol. The van der Waals surface area contributed by atoms with Gasteiger partial charge in [0.25, 0.3) is 5.91 Å². The number of hydrogen-bond acceptors (Lipinski definition) is 2. The van der Waals surface area contributed by atoms with Gasteiger partial charge in [-0.1, -0.05) is 0 Å². The third kappa shape index (κ3) is 2.74. The third-order valence-corrected chi connectivity index (χ3v) is 2.76. The quantitative estimate of drug-likeness (QED) is 0.830. The summed E-state index contributed by atoms with van der Waals surface area (Å²) in [6.45, 7) is 1.40. The molecule has 104 valence electrons. The van der Waals surface area contributed by atoms with E-state index in [1.807, 2.05) is 0 Å². The summed E-state index contributed by atoms with van der Waals surface area (Å²) >= 11 is 0. The average molecular weight is 280 g/mol. The summed E-state index contributed by atoms with van der Waals surface area (Å²) in [5.41, 5.74) is 5.22. The van der Waals surface area contributed by atoms with Gasteiger partial charge in [0.2, 0.25) is 0 Å². The van der Waals surface area contributed by atoms with Crippen molar-refractivity contribution in [3.63, 3.8) is 0 Å². The normalized spacial score (nSPS) is 10.4. The third-order valence-electron chi connectivity index (χ3n) is 2.76. The number of nitrogen functional groups attached to an aromatic ring is 1. The number of nitrogens with two attached hydrogens (primary N) is 1. The highest BCUT2D eigenvalue weighted by molar-refractivity contribution is 6.07. The Labute approximate surface area is 113 Å². The van der Waals surface area contributed by atoms with E-state index >= 15 is 0 Å². The van der Waals surface area contributed by atoms with Crippen LogP contribution in [-0.4, -0.2) is 5.91 Å². The summed E-state index contributed by atoms with van der Waals surface area (Å²) in [7, 11) is 0. The highest BCUT2D eigenvalue weighted by Crippen LogP contribution is 2.21. The molecule has 0 radical (unpaired) electrons. The maximum Gasteiger partial charge on any atom is 0.257 e. The minimum atomic E-state index is -0.816. The number of carbonyl (C=O) groups is 1. The molecule has 0 saturated heterocycles. The van der Waals surface area contributed by atoms with Crippen molar-refractivity contribution in [3.8, 4) is 0 Å². The topological polar surface area (TPSA) is 55.1 Å². The smallest absolute Gasteiger partial charge is 0.257 e. The van der Waals surface area contributed by atoms with Gasteiger partial charge in [-0.05, 0) is 36.8 Å². The highest BCUT2D eigenvalue weighted by Gasteiger charge is 2.14. The molecule has 3 N–H and O–H groups in total. The Morgan fingerprint density at radius 1 is 1.10 bits per heavy atom.